The van der Waals surface area contributed by atoms with Crippen molar-refractivity contribution < 1.29 is 4.79 Å². The Bertz CT molecular complexity index is 688. The molecule has 2 aliphatic rings. The highest BCUT2D eigenvalue weighted by atomic mass is 16.2. The summed E-state index contributed by atoms with van der Waals surface area (Å²) in [6.07, 6.45) is 6.65. The summed E-state index contributed by atoms with van der Waals surface area (Å²) in [7, 11) is 0. The van der Waals surface area contributed by atoms with Crippen molar-refractivity contribution in [3.05, 3.63) is 42.2 Å². The highest BCUT2D eigenvalue weighted by Crippen LogP contribution is 2.36. The molecule has 1 N–H and O–H groups in total. The lowest BCUT2D eigenvalue weighted by atomic mass is 10.1. The minimum atomic E-state index is 0.0525. The van der Waals surface area contributed by atoms with Crippen molar-refractivity contribution in [2.24, 2.45) is 5.92 Å². The van der Waals surface area contributed by atoms with Crippen molar-refractivity contribution in [3.63, 3.8) is 0 Å². The molecule has 1 unspecified atom stereocenters. The lowest BCUT2D eigenvalue weighted by molar-refractivity contribution is -0.127. The Hall–Kier alpha value is -2.21. The number of carbonyl (C=O) groups is 1. The van der Waals surface area contributed by atoms with Gasteiger partial charge < -0.3 is 5.32 Å². The Balaban J connectivity index is 1.37. The minimum Gasteiger partial charge on any atom is -0.349 e. The molecule has 0 bridgehead atoms. The van der Waals surface area contributed by atoms with Crippen LogP contribution in [0, 0.1) is 5.92 Å². The number of aromatic nitrogens is 3. The zero-order valence-electron chi connectivity index (χ0n) is 13.8. The Morgan fingerprint density at radius 3 is 2.67 bits per heavy atom. The molecule has 6 heteroatoms. The van der Waals surface area contributed by atoms with Crippen molar-refractivity contribution in [1.29, 1.82) is 0 Å². The third-order valence-electron chi connectivity index (χ3n) is 4.88. The highest BCUT2D eigenvalue weighted by molar-refractivity contribution is 5.82. The lowest BCUT2D eigenvalue weighted by Crippen LogP contribution is -2.47. The summed E-state index contributed by atoms with van der Waals surface area (Å²) in [5.74, 6) is 0.691. The molecule has 2 heterocycles. The quantitative estimate of drug-likeness (QED) is 0.879. The van der Waals surface area contributed by atoms with E-state index in [1.807, 2.05) is 36.5 Å². The van der Waals surface area contributed by atoms with E-state index in [1.165, 1.54) is 25.7 Å². The van der Waals surface area contributed by atoms with Crippen LogP contribution >= 0.6 is 0 Å². The van der Waals surface area contributed by atoms with Crippen LogP contribution in [0.15, 0.2) is 36.5 Å². The van der Waals surface area contributed by atoms with Gasteiger partial charge in [0.05, 0.1) is 24.5 Å². The number of hydrogen-bond acceptors (Lipinski definition) is 4. The average molecular weight is 325 g/mol. The maximum absolute atomic E-state index is 12.7. The molecular formula is C18H23N5O. The summed E-state index contributed by atoms with van der Waals surface area (Å²) >= 11 is 0. The first-order valence-electron chi connectivity index (χ1n) is 8.80. The molecule has 0 radical (unpaired) electrons. The Labute approximate surface area is 141 Å². The Kier molecular flexibility index (Phi) is 4.30. The molecule has 1 aromatic carbocycles. The van der Waals surface area contributed by atoms with E-state index < -0.39 is 0 Å². The van der Waals surface area contributed by atoms with Crippen LogP contribution in [0.4, 0.5) is 0 Å². The molecule has 1 aromatic heterocycles. The topological polar surface area (TPSA) is 63.1 Å². The molecule has 0 spiro atoms. The van der Waals surface area contributed by atoms with Gasteiger partial charge in [-0.3, -0.25) is 9.69 Å². The second-order valence-electron chi connectivity index (χ2n) is 6.73. The summed E-state index contributed by atoms with van der Waals surface area (Å²) in [5, 5.41) is 11.4. The van der Waals surface area contributed by atoms with Crippen molar-refractivity contribution in [2.75, 3.05) is 13.1 Å². The van der Waals surface area contributed by atoms with Crippen molar-refractivity contribution in [1.82, 2.24) is 25.2 Å². The summed E-state index contributed by atoms with van der Waals surface area (Å²) in [4.78, 5) is 15.0. The van der Waals surface area contributed by atoms with Gasteiger partial charge in [-0.25, -0.2) is 4.68 Å². The maximum Gasteiger partial charge on any atom is 0.237 e. The van der Waals surface area contributed by atoms with Crippen molar-refractivity contribution in [3.8, 4) is 5.69 Å². The normalized spacial score (nSPS) is 19.3. The molecular weight excluding hydrogens is 302 g/mol. The van der Waals surface area contributed by atoms with Crippen LogP contribution in [0.1, 0.15) is 31.4 Å². The molecule has 6 nitrogen and oxygen atoms in total. The van der Waals surface area contributed by atoms with Gasteiger partial charge in [0.2, 0.25) is 5.91 Å². The monoisotopic (exact) mass is 325 g/mol. The van der Waals surface area contributed by atoms with Gasteiger partial charge >= 0.3 is 0 Å². The number of nitrogens with one attached hydrogen (secondary N) is 1. The predicted octanol–water partition coefficient (Wildman–Crippen LogP) is 1.76. The first kappa shape index (κ1) is 15.3. The van der Waals surface area contributed by atoms with Crippen molar-refractivity contribution >= 4 is 5.91 Å². The molecule has 1 saturated heterocycles. The lowest BCUT2D eigenvalue weighted by Gasteiger charge is -2.26. The van der Waals surface area contributed by atoms with Crippen LogP contribution in [-0.2, 0) is 11.3 Å². The van der Waals surface area contributed by atoms with Gasteiger partial charge in [0, 0.05) is 0 Å². The minimum absolute atomic E-state index is 0.0525. The zero-order valence-corrected chi connectivity index (χ0v) is 13.8. The van der Waals surface area contributed by atoms with E-state index in [0.717, 1.165) is 24.5 Å². The summed E-state index contributed by atoms with van der Waals surface area (Å²) < 4.78 is 1.74. The molecule has 126 valence electrons. The third-order valence-corrected chi connectivity index (χ3v) is 4.88. The van der Waals surface area contributed by atoms with Crippen LogP contribution in [-0.4, -0.2) is 44.9 Å². The van der Waals surface area contributed by atoms with Gasteiger partial charge in [-0.05, 0) is 56.8 Å². The molecule has 24 heavy (non-hydrogen) atoms. The number of hydrogen-bond donors (Lipinski definition) is 1. The summed E-state index contributed by atoms with van der Waals surface area (Å²) in [5.41, 5.74) is 1.75. The van der Waals surface area contributed by atoms with Gasteiger partial charge in [-0.1, -0.05) is 23.4 Å². The maximum atomic E-state index is 12.7. The van der Waals surface area contributed by atoms with Crippen LogP contribution in [0.5, 0.6) is 0 Å². The SMILES string of the molecule is O=C(NCc1cn(-c2ccccc2)nn1)C(C1CC1)N1CCCC1. The van der Waals surface area contributed by atoms with Crippen LogP contribution < -0.4 is 5.32 Å². The molecule has 2 fully saturated rings. The molecule has 1 aliphatic heterocycles. The number of para-hydroxylation sites is 1. The van der Waals surface area contributed by atoms with E-state index in [4.69, 9.17) is 0 Å². The van der Waals surface area contributed by atoms with E-state index >= 15 is 0 Å². The number of nitrogens with zero attached hydrogens (tertiary/aromatic N) is 4. The molecule has 2 aromatic rings. The van der Waals surface area contributed by atoms with Gasteiger partial charge in [0.1, 0.15) is 5.69 Å². The van der Waals surface area contributed by atoms with E-state index in [0.29, 0.717) is 12.5 Å². The third kappa shape index (κ3) is 3.33. The Morgan fingerprint density at radius 1 is 1.21 bits per heavy atom. The average Bonchev–Trinajstić information content (AvgIpc) is 3.11. The number of carbonyl (C=O) groups excluding carboxylic acids is 1. The highest BCUT2D eigenvalue weighted by Gasteiger charge is 2.40. The molecule has 1 aliphatic carbocycles. The van der Waals surface area contributed by atoms with E-state index in [9.17, 15) is 4.79 Å². The molecule has 1 saturated carbocycles. The Morgan fingerprint density at radius 2 is 1.96 bits per heavy atom. The fourth-order valence-corrected chi connectivity index (χ4v) is 3.48. The van der Waals surface area contributed by atoms with Crippen LogP contribution in [0.3, 0.4) is 0 Å². The van der Waals surface area contributed by atoms with Gasteiger partial charge in [-0.15, -0.1) is 5.10 Å². The molecule has 1 amide bonds. The first-order chi connectivity index (χ1) is 11.8. The number of likely N-dealkylation sites (tertiary alicyclic amines) is 1. The molecule has 4 rings (SSSR count). The van der Waals surface area contributed by atoms with E-state index in [1.54, 1.807) is 4.68 Å². The standard InChI is InChI=1S/C18H23N5O/c24-18(17(14-8-9-14)22-10-4-5-11-22)19-12-15-13-23(21-20-15)16-6-2-1-3-7-16/h1-3,6-7,13-14,17H,4-5,8-12H2,(H,19,24). The fourth-order valence-electron chi connectivity index (χ4n) is 3.48. The summed E-state index contributed by atoms with van der Waals surface area (Å²) in [6.45, 7) is 2.54. The van der Waals surface area contributed by atoms with Crippen LogP contribution in [0.2, 0.25) is 0 Å². The summed E-state index contributed by atoms with van der Waals surface area (Å²) in [6, 6.07) is 9.92. The molecule has 1 atom stereocenters. The van der Waals surface area contributed by atoms with Crippen LogP contribution in [0.25, 0.3) is 5.69 Å². The zero-order chi connectivity index (χ0) is 16.4. The first-order valence-corrected chi connectivity index (χ1v) is 8.80. The number of amides is 1. The smallest absolute Gasteiger partial charge is 0.237 e. The van der Waals surface area contributed by atoms with Gasteiger partial charge in [0.25, 0.3) is 0 Å². The van der Waals surface area contributed by atoms with Gasteiger partial charge in [-0.2, -0.15) is 0 Å². The van der Waals surface area contributed by atoms with E-state index in [2.05, 4.69) is 20.5 Å². The second-order valence-corrected chi connectivity index (χ2v) is 6.73. The largest absolute Gasteiger partial charge is 0.349 e. The predicted molar refractivity (Wildman–Crippen MR) is 90.5 cm³/mol. The van der Waals surface area contributed by atoms with E-state index in [-0.39, 0.29) is 11.9 Å². The second kappa shape index (κ2) is 6.73. The number of benzene rings is 1. The van der Waals surface area contributed by atoms with Crippen molar-refractivity contribution in [2.45, 2.75) is 38.3 Å². The fraction of sp³-hybridized carbons (Fsp3) is 0.500. The number of rotatable bonds is 6. The van der Waals surface area contributed by atoms with Gasteiger partial charge in [0.15, 0.2) is 0 Å².